The van der Waals surface area contributed by atoms with E-state index in [2.05, 4.69) is 12.1 Å². The van der Waals surface area contributed by atoms with Crippen LogP contribution in [0.4, 0.5) is 0 Å². The Hall–Kier alpha value is -2.07. The molecule has 0 bridgehead atoms. The maximum absolute atomic E-state index is 12.6. The topological polar surface area (TPSA) is 37.4 Å². The summed E-state index contributed by atoms with van der Waals surface area (Å²) < 4.78 is 0. The monoisotopic (exact) mass is 367 g/mol. The van der Waals surface area contributed by atoms with Crippen LogP contribution in [0, 0.1) is 5.92 Å². The average Bonchev–Trinajstić information content (AvgIpc) is 2.72. The lowest BCUT2D eigenvalue weighted by Crippen LogP contribution is -2.43. The highest BCUT2D eigenvalue weighted by atomic mass is 32.2. The summed E-state index contributed by atoms with van der Waals surface area (Å²) in [6, 6.07) is 20.1. The third-order valence-electron chi connectivity index (χ3n) is 4.84. The van der Waals surface area contributed by atoms with Crippen LogP contribution in [0.3, 0.4) is 0 Å². The van der Waals surface area contributed by atoms with Crippen LogP contribution < -0.4 is 0 Å². The fraction of sp³-hybridized carbons (Fsp3) is 0.364. The summed E-state index contributed by atoms with van der Waals surface area (Å²) in [5.74, 6) is 0.870. The molecule has 0 N–H and O–H groups in total. The van der Waals surface area contributed by atoms with Crippen molar-refractivity contribution in [2.45, 2.75) is 30.6 Å². The van der Waals surface area contributed by atoms with E-state index in [4.69, 9.17) is 0 Å². The highest BCUT2D eigenvalue weighted by Crippen LogP contribution is 2.22. The maximum Gasteiger partial charge on any atom is 0.232 e. The van der Waals surface area contributed by atoms with Crippen LogP contribution >= 0.6 is 11.8 Å². The Morgan fingerprint density at radius 3 is 2.42 bits per heavy atom. The fourth-order valence-electron chi connectivity index (χ4n) is 3.34. The number of likely N-dealkylation sites (tertiary alicyclic amines) is 1. The summed E-state index contributed by atoms with van der Waals surface area (Å²) in [4.78, 5) is 28.1. The van der Waals surface area contributed by atoms with Gasteiger partial charge in [-0.05, 0) is 37.0 Å². The number of carbonyl (C=O) groups is 2. The van der Waals surface area contributed by atoms with Crippen molar-refractivity contribution in [1.29, 1.82) is 0 Å². The first-order valence-electron chi connectivity index (χ1n) is 9.24. The number of hydrogen-bond donors (Lipinski definition) is 0. The third kappa shape index (κ3) is 5.46. The molecule has 0 spiro atoms. The maximum atomic E-state index is 12.6. The second-order valence-electron chi connectivity index (χ2n) is 6.73. The minimum absolute atomic E-state index is 0.00172. The molecule has 1 aliphatic heterocycles. The average molecular weight is 368 g/mol. The van der Waals surface area contributed by atoms with E-state index in [9.17, 15) is 9.59 Å². The van der Waals surface area contributed by atoms with E-state index in [1.165, 1.54) is 5.56 Å². The van der Waals surface area contributed by atoms with Crippen LogP contribution in [0.1, 0.15) is 24.8 Å². The van der Waals surface area contributed by atoms with Crippen molar-refractivity contribution < 1.29 is 9.59 Å². The van der Waals surface area contributed by atoms with Crippen molar-refractivity contribution in [3.8, 4) is 0 Å². The SMILES string of the molecule is O=C(CCc1ccccc1)C1CCCN(C(=O)CSc2ccccc2)C1. The van der Waals surface area contributed by atoms with Gasteiger partial charge in [-0.3, -0.25) is 9.59 Å². The predicted octanol–water partition coefficient (Wildman–Crippen LogP) is 4.22. The smallest absolute Gasteiger partial charge is 0.232 e. The Morgan fingerprint density at radius 1 is 1.00 bits per heavy atom. The molecule has 0 radical (unpaired) electrons. The number of benzene rings is 2. The van der Waals surface area contributed by atoms with Gasteiger partial charge >= 0.3 is 0 Å². The number of amides is 1. The van der Waals surface area contributed by atoms with E-state index in [1.54, 1.807) is 11.8 Å². The summed E-state index contributed by atoms with van der Waals surface area (Å²) in [6.45, 7) is 1.36. The molecule has 2 aromatic rings. The number of piperidine rings is 1. The Labute approximate surface area is 159 Å². The van der Waals surface area contributed by atoms with Crippen LogP contribution in [0.25, 0.3) is 0 Å². The van der Waals surface area contributed by atoms with Gasteiger partial charge in [-0.1, -0.05) is 48.5 Å². The lowest BCUT2D eigenvalue weighted by Gasteiger charge is -2.32. The number of aryl methyl sites for hydroxylation is 1. The van der Waals surface area contributed by atoms with Crippen LogP contribution in [0.5, 0.6) is 0 Å². The van der Waals surface area contributed by atoms with E-state index in [1.807, 2.05) is 53.4 Å². The Balaban J connectivity index is 1.47. The number of rotatable bonds is 7. The molecule has 4 heteroatoms. The molecular formula is C22H25NO2S. The molecule has 1 saturated heterocycles. The number of ketones is 1. The van der Waals surface area contributed by atoms with Gasteiger partial charge in [0.1, 0.15) is 5.78 Å². The van der Waals surface area contributed by atoms with Gasteiger partial charge < -0.3 is 4.90 Å². The van der Waals surface area contributed by atoms with Crippen LogP contribution in [-0.2, 0) is 16.0 Å². The van der Waals surface area contributed by atoms with Crippen molar-refractivity contribution in [3.63, 3.8) is 0 Å². The molecule has 2 aromatic carbocycles. The first-order valence-corrected chi connectivity index (χ1v) is 10.2. The van der Waals surface area contributed by atoms with Gasteiger partial charge in [0, 0.05) is 30.3 Å². The molecule has 0 aliphatic carbocycles. The first-order chi connectivity index (χ1) is 12.7. The van der Waals surface area contributed by atoms with Crippen molar-refractivity contribution in [3.05, 3.63) is 66.2 Å². The van der Waals surface area contributed by atoms with Crippen molar-refractivity contribution in [2.24, 2.45) is 5.92 Å². The van der Waals surface area contributed by atoms with E-state index in [-0.39, 0.29) is 11.8 Å². The second-order valence-corrected chi connectivity index (χ2v) is 7.78. The highest BCUT2D eigenvalue weighted by molar-refractivity contribution is 8.00. The number of thioether (sulfide) groups is 1. The third-order valence-corrected chi connectivity index (χ3v) is 5.83. The zero-order valence-electron chi connectivity index (χ0n) is 15.0. The number of hydrogen-bond acceptors (Lipinski definition) is 3. The molecule has 3 nitrogen and oxygen atoms in total. The molecule has 3 rings (SSSR count). The zero-order valence-corrected chi connectivity index (χ0v) is 15.8. The van der Waals surface area contributed by atoms with Crippen LogP contribution in [0.15, 0.2) is 65.6 Å². The Bertz CT molecular complexity index is 656. The normalized spacial score (nSPS) is 17.1. The van der Waals surface area contributed by atoms with Gasteiger partial charge in [0.05, 0.1) is 5.75 Å². The van der Waals surface area contributed by atoms with Crippen molar-refractivity contribution >= 4 is 23.5 Å². The first kappa shape index (κ1) is 18.7. The van der Waals surface area contributed by atoms with Gasteiger partial charge in [0.25, 0.3) is 0 Å². The number of nitrogens with zero attached hydrogens (tertiary/aromatic N) is 1. The standard InChI is InChI=1S/C22H25NO2S/c24-21(14-13-18-8-3-1-4-9-18)19-10-7-15-23(16-19)22(25)17-26-20-11-5-2-6-12-20/h1-6,8-9,11-12,19H,7,10,13-17H2. The Morgan fingerprint density at radius 2 is 1.69 bits per heavy atom. The lowest BCUT2D eigenvalue weighted by atomic mass is 9.90. The molecule has 1 aliphatic rings. The fourth-order valence-corrected chi connectivity index (χ4v) is 4.16. The molecule has 1 heterocycles. The van der Waals surface area contributed by atoms with E-state index in [0.717, 1.165) is 30.7 Å². The minimum atomic E-state index is -0.00172. The van der Waals surface area contributed by atoms with Crippen molar-refractivity contribution in [1.82, 2.24) is 4.90 Å². The molecule has 1 amide bonds. The molecule has 1 atom stereocenters. The van der Waals surface area contributed by atoms with Crippen LogP contribution in [-0.4, -0.2) is 35.4 Å². The molecule has 1 unspecified atom stereocenters. The molecule has 0 saturated carbocycles. The number of carbonyl (C=O) groups excluding carboxylic acids is 2. The summed E-state index contributed by atoms with van der Waals surface area (Å²) in [7, 11) is 0. The van der Waals surface area contributed by atoms with Gasteiger partial charge in [0.2, 0.25) is 5.91 Å². The highest BCUT2D eigenvalue weighted by Gasteiger charge is 2.27. The van der Waals surface area contributed by atoms with E-state index >= 15 is 0 Å². The predicted molar refractivity (Wildman–Crippen MR) is 106 cm³/mol. The van der Waals surface area contributed by atoms with E-state index < -0.39 is 0 Å². The Kier molecular flexibility index (Phi) is 6.89. The molecular weight excluding hydrogens is 342 g/mol. The number of Topliss-reactive ketones (excluding diaryl/α,β-unsaturated/α-hetero) is 1. The summed E-state index contributed by atoms with van der Waals surface area (Å²) in [5.41, 5.74) is 1.20. The second kappa shape index (κ2) is 9.58. The quantitative estimate of drug-likeness (QED) is 0.688. The summed E-state index contributed by atoms with van der Waals surface area (Å²) >= 11 is 1.56. The molecule has 26 heavy (non-hydrogen) atoms. The molecule has 1 fully saturated rings. The van der Waals surface area contributed by atoms with Gasteiger partial charge in [-0.25, -0.2) is 0 Å². The lowest BCUT2D eigenvalue weighted by molar-refractivity contribution is -0.132. The summed E-state index contributed by atoms with van der Waals surface area (Å²) in [5, 5.41) is 0. The summed E-state index contributed by atoms with van der Waals surface area (Å²) in [6.07, 6.45) is 3.18. The van der Waals surface area contributed by atoms with Gasteiger partial charge in [0.15, 0.2) is 0 Å². The van der Waals surface area contributed by atoms with E-state index in [0.29, 0.717) is 24.5 Å². The molecule has 0 aromatic heterocycles. The minimum Gasteiger partial charge on any atom is -0.341 e. The van der Waals surface area contributed by atoms with Crippen molar-refractivity contribution in [2.75, 3.05) is 18.8 Å². The van der Waals surface area contributed by atoms with Gasteiger partial charge in [-0.2, -0.15) is 0 Å². The molecule has 136 valence electrons. The van der Waals surface area contributed by atoms with Gasteiger partial charge in [-0.15, -0.1) is 11.8 Å². The van der Waals surface area contributed by atoms with Crippen LogP contribution in [0.2, 0.25) is 0 Å². The largest absolute Gasteiger partial charge is 0.341 e. The zero-order chi connectivity index (χ0) is 18.2.